The SMILES string of the molecule is Cc1nnc(NN=Cc2ccc(O)c(O)c2)[nH]c1=O. The van der Waals surface area contributed by atoms with Crippen molar-refractivity contribution in [1.29, 1.82) is 0 Å². The highest BCUT2D eigenvalue weighted by atomic mass is 16.3. The summed E-state index contributed by atoms with van der Waals surface area (Å²) in [6.07, 6.45) is 1.39. The summed E-state index contributed by atoms with van der Waals surface area (Å²) in [7, 11) is 0. The first-order chi connectivity index (χ1) is 9.06. The van der Waals surface area contributed by atoms with Gasteiger partial charge in [-0.3, -0.25) is 9.78 Å². The van der Waals surface area contributed by atoms with Crippen LogP contribution in [0.4, 0.5) is 5.95 Å². The van der Waals surface area contributed by atoms with Crippen LogP contribution in [0, 0.1) is 6.92 Å². The van der Waals surface area contributed by atoms with Gasteiger partial charge in [0.25, 0.3) is 5.56 Å². The number of hydrazone groups is 1. The number of phenols is 2. The van der Waals surface area contributed by atoms with Crippen LogP contribution in [0.15, 0.2) is 28.1 Å². The van der Waals surface area contributed by atoms with Crippen molar-refractivity contribution in [2.45, 2.75) is 6.92 Å². The average Bonchev–Trinajstić information content (AvgIpc) is 2.38. The number of aromatic hydroxyl groups is 2. The normalized spacial score (nSPS) is 10.8. The third-order valence-corrected chi connectivity index (χ3v) is 2.24. The number of aromatic amines is 1. The van der Waals surface area contributed by atoms with Crippen LogP contribution in [-0.2, 0) is 0 Å². The van der Waals surface area contributed by atoms with Crippen LogP contribution < -0.4 is 11.0 Å². The lowest BCUT2D eigenvalue weighted by Gasteiger charge is -1.99. The fraction of sp³-hybridized carbons (Fsp3) is 0.0909. The lowest BCUT2D eigenvalue weighted by Crippen LogP contribution is -2.15. The highest BCUT2D eigenvalue weighted by Crippen LogP contribution is 2.23. The first-order valence-corrected chi connectivity index (χ1v) is 5.31. The zero-order chi connectivity index (χ0) is 13.8. The number of rotatable bonds is 3. The number of hydrogen-bond donors (Lipinski definition) is 4. The van der Waals surface area contributed by atoms with Gasteiger partial charge in [-0.25, -0.2) is 5.43 Å². The summed E-state index contributed by atoms with van der Waals surface area (Å²) < 4.78 is 0. The minimum absolute atomic E-state index is 0.106. The summed E-state index contributed by atoms with van der Waals surface area (Å²) in [6, 6.07) is 4.23. The molecule has 2 aromatic rings. The molecule has 0 amide bonds. The molecule has 0 fully saturated rings. The number of hydrogen-bond acceptors (Lipinski definition) is 7. The summed E-state index contributed by atoms with van der Waals surface area (Å²) in [4.78, 5) is 13.7. The van der Waals surface area contributed by atoms with E-state index in [1.54, 1.807) is 6.07 Å². The summed E-state index contributed by atoms with van der Waals surface area (Å²) in [6.45, 7) is 1.54. The van der Waals surface area contributed by atoms with Gasteiger partial charge in [0.2, 0.25) is 5.95 Å². The van der Waals surface area contributed by atoms with E-state index in [1.165, 1.54) is 25.3 Å². The zero-order valence-electron chi connectivity index (χ0n) is 9.95. The van der Waals surface area contributed by atoms with Gasteiger partial charge in [-0.15, -0.1) is 10.2 Å². The van der Waals surface area contributed by atoms with Crippen molar-refractivity contribution in [3.63, 3.8) is 0 Å². The number of aromatic nitrogens is 3. The molecule has 0 bridgehead atoms. The van der Waals surface area contributed by atoms with E-state index in [0.717, 1.165) is 0 Å². The first kappa shape index (κ1) is 12.6. The van der Waals surface area contributed by atoms with Crippen LogP contribution in [-0.4, -0.2) is 31.6 Å². The molecule has 0 radical (unpaired) electrons. The molecule has 1 heterocycles. The summed E-state index contributed by atoms with van der Waals surface area (Å²) >= 11 is 0. The van der Waals surface area contributed by atoms with Crippen molar-refractivity contribution in [2.75, 3.05) is 5.43 Å². The topological polar surface area (TPSA) is 123 Å². The second-order valence-electron chi connectivity index (χ2n) is 3.71. The van der Waals surface area contributed by atoms with E-state index in [2.05, 4.69) is 25.7 Å². The monoisotopic (exact) mass is 261 g/mol. The Hall–Kier alpha value is -2.90. The molecule has 8 nitrogen and oxygen atoms in total. The minimum atomic E-state index is -0.352. The van der Waals surface area contributed by atoms with Crippen LogP contribution in [0.1, 0.15) is 11.3 Å². The van der Waals surface area contributed by atoms with Gasteiger partial charge in [-0.2, -0.15) is 5.10 Å². The van der Waals surface area contributed by atoms with E-state index in [4.69, 9.17) is 5.11 Å². The predicted molar refractivity (Wildman–Crippen MR) is 68.4 cm³/mol. The van der Waals surface area contributed by atoms with Crippen molar-refractivity contribution in [1.82, 2.24) is 15.2 Å². The standard InChI is InChI=1S/C11H11N5O3/c1-6-10(19)13-11(16-14-6)15-12-5-7-2-3-8(17)9(18)4-7/h2-5,17-18H,1H3,(H2,13,15,16,19). The molecular weight excluding hydrogens is 250 g/mol. The number of anilines is 1. The van der Waals surface area contributed by atoms with E-state index in [9.17, 15) is 9.90 Å². The first-order valence-electron chi connectivity index (χ1n) is 5.31. The molecule has 0 atom stereocenters. The molecule has 0 saturated carbocycles. The van der Waals surface area contributed by atoms with Crippen LogP contribution in [0.2, 0.25) is 0 Å². The molecule has 1 aromatic carbocycles. The molecule has 0 saturated heterocycles. The predicted octanol–water partition coefficient (Wildman–Crippen LogP) is 0.331. The molecule has 8 heteroatoms. The largest absolute Gasteiger partial charge is 0.504 e. The molecule has 0 spiro atoms. The highest BCUT2D eigenvalue weighted by Gasteiger charge is 1.99. The van der Waals surface area contributed by atoms with Crippen LogP contribution in [0.25, 0.3) is 0 Å². The number of nitrogens with zero attached hydrogens (tertiary/aromatic N) is 3. The summed E-state index contributed by atoms with van der Waals surface area (Å²) in [5.41, 5.74) is 2.96. The Morgan fingerprint density at radius 3 is 2.79 bits per heavy atom. The van der Waals surface area contributed by atoms with Crippen molar-refractivity contribution < 1.29 is 10.2 Å². The zero-order valence-corrected chi connectivity index (χ0v) is 9.95. The van der Waals surface area contributed by atoms with Crippen molar-refractivity contribution in [2.24, 2.45) is 5.10 Å². The number of phenolic OH excluding ortho intramolecular Hbond substituents is 2. The maximum Gasteiger partial charge on any atom is 0.274 e. The van der Waals surface area contributed by atoms with Crippen LogP contribution >= 0.6 is 0 Å². The fourth-order valence-corrected chi connectivity index (χ4v) is 1.23. The lowest BCUT2D eigenvalue weighted by molar-refractivity contribution is 0.403. The molecule has 0 aliphatic carbocycles. The fourth-order valence-electron chi connectivity index (χ4n) is 1.23. The molecule has 0 aliphatic heterocycles. The Labute approximate surface area is 107 Å². The molecule has 1 aromatic heterocycles. The van der Waals surface area contributed by atoms with E-state index < -0.39 is 0 Å². The van der Waals surface area contributed by atoms with Crippen LogP contribution in [0.5, 0.6) is 11.5 Å². The highest BCUT2D eigenvalue weighted by molar-refractivity contribution is 5.81. The summed E-state index contributed by atoms with van der Waals surface area (Å²) in [5, 5.41) is 29.5. The maximum absolute atomic E-state index is 11.2. The van der Waals surface area contributed by atoms with Gasteiger partial charge >= 0.3 is 0 Å². The molecule has 2 rings (SSSR count). The number of nitrogens with one attached hydrogen (secondary N) is 2. The van der Waals surface area contributed by atoms with E-state index in [-0.39, 0.29) is 28.7 Å². The number of H-pyrrole nitrogens is 1. The third-order valence-electron chi connectivity index (χ3n) is 2.24. The molecule has 98 valence electrons. The third kappa shape index (κ3) is 3.06. The van der Waals surface area contributed by atoms with Gasteiger partial charge in [0.15, 0.2) is 11.5 Å². The smallest absolute Gasteiger partial charge is 0.274 e. The van der Waals surface area contributed by atoms with Gasteiger partial charge in [-0.05, 0) is 30.7 Å². The second kappa shape index (κ2) is 5.17. The molecular formula is C11H11N5O3. The van der Waals surface area contributed by atoms with E-state index >= 15 is 0 Å². The molecule has 0 aliphatic rings. The minimum Gasteiger partial charge on any atom is -0.504 e. The Bertz CT molecular complexity index is 680. The van der Waals surface area contributed by atoms with Gasteiger partial charge < -0.3 is 10.2 Å². The van der Waals surface area contributed by atoms with Gasteiger partial charge in [0.05, 0.1) is 6.21 Å². The second-order valence-corrected chi connectivity index (χ2v) is 3.71. The van der Waals surface area contributed by atoms with E-state index in [1.807, 2.05) is 0 Å². The number of benzene rings is 1. The van der Waals surface area contributed by atoms with Crippen LogP contribution in [0.3, 0.4) is 0 Å². The quantitative estimate of drug-likeness (QED) is 0.358. The average molecular weight is 261 g/mol. The molecule has 0 unspecified atom stereocenters. The lowest BCUT2D eigenvalue weighted by atomic mass is 10.2. The Kier molecular flexibility index (Phi) is 3.42. The van der Waals surface area contributed by atoms with E-state index in [0.29, 0.717) is 5.56 Å². The van der Waals surface area contributed by atoms with Crippen molar-refractivity contribution >= 4 is 12.2 Å². The van der Waals surface area contributed by atoms with Gasteiger partial charge in [0.1, 0.15) is 5.69 Å². The number of aryl methyl sites for hydroxylation is 1. The molecule has 19 heavy (non-hydrogen) atoms. The van der Waals surface area contributed by atoms with Crippen molar-refractivity contribution in [3.05, 3.63) is 39.8 Å². The summed E-state index contributed by atoms with van der Waals surface area (Å²) in [5.74, 6) is -0.346. The van der Waals surface area contributed by atoms with Gasteiger partial charge in [0, 0.05) is 0 Å². The molecule has 4 N–H and O–H groups in total. The Morgan fingerprint density at radius 1 is 1.32 bits per heavy atom. The Balaban J connectivity index is 2.08. The van der Waals surface area contributed by atoms with Crippen molar-refractivity contribution in [3.8, 4) is 11.5 Å². The van der Waals surface area contributed by atoms with Gasteiger partial charge in [-0.1, -0.05) is 0 Å². The Morgan fingerprint density at radius 2 is 2.11 bits per heavy atom. The maximum atomic E-state index is 11.2.